The van der Waals surface area contributed by atoms with Crippen molar-refractivity contribution in [3.8, 4) is 5.75 Å². The van der Waals surface area contributed by atoms with Gasteiger partial charge in [-0.3, -0.25) is 9.48 Å². The number of aromatic nitrogens is 2. The van der Waals surface area contributed by atoms with E-state index < -0.39 is 0 Å². The van der Waals surface area contributed by atoms with E-state index in [4.69, 9.17) is 0 Å². The van der Waals surface area contributed by atoms with E-state index in [1.54, 1.807) is 29.9 Å². The summed E-state index contributed by atoms with van der Waals surface area (Å²) in [5.41, 5.74) is 2.18. The molecule has 0 saturated carbocycles. The van der Waals surface area contributed by atoms with Crippen LogP contribution in [-0.4, -0.2) is 20.8 Å². The smallest absolute Gasteiger partial charge is 0.251 e. The highest BCUT2D eigenvalue weighted by atomic mass is 16.3. The maximum absolute atomic E-state index is 12.2. The van der Waals surface area contributed by atoms with Gasteiger partial charge in [0.1, 0.15) is 5.75 Å². The maximum atomic E-state index is 12.2. The molecule has 0 bridgehead atoms. The van der Waals surface area contributed by atoms with Crippen molar-refractivity contribution < 1.29 is 9.90 Å². The molecule has 2 aromatic rings. The highest BCUT2D eigenvalue weighted by Crippen LogP contribution is 2.20. The molecule has 5 heteroatoms. The Balaban J connectivity index is 2.14. The van der Waals surface area contributed by atoms with Gasteiger partial charge < -0.3 is 10.4 Å². The molecule has 2 rings (SSSR count). The zero-order chi connectivity index (χ0) is 14.7. The van der Waals surface area contributed by atoms with Crippen molar-refractivity contribution in [3.05, 3.63) is 47.3 Å². The van der Waals surface area contributed by atoms with Gasteiger partial charge in [0.2, 0.25) is 0 Å². The lowest BCUT2D eigenvalue weighted by molar-refractivity contribution is 0.0935. The quantitative estimate of drug-likeness (QED) is 0.898. The monoisotopic (exact) mass is 273 g/mol. The van der Waals surface area contributed by atoms with Crippen LogP contribution in [0.4, 0.5) is 0 Å². The number of rotatable bonds is 4. The molecule has 5 nitrogen and oxygen atoms in total. The standard InChI is InChI=1S/C15H19N3O2/c1-4-13(12-8-16-18(3)9-12)17-15(20)11-6-5-10(2)14(19)7-11/h5-9,13,19H,4H2,1-3H3,(H,17,20)/t13-/m1/s1. The highest BCUT2D eigenvalue weighted by molar-refractivity contribution is 5.94. The van der Waals surface area contributed by atoms with E-state index in [1.165, 1.54) is 6.07 Å². The van der Waals surface area contributed by atoms with Crippen LogP contribution in [0.3, 0.4) is 0 Å². The summed E-state index contributed by atoms with van der Waals surface area (Å²) in [5.74, 6) is -0.0666. The third-order valence-electron chi connectivity index (χ3n) is 3.31. The number of amides is 1. The van der Waals surface area contributed by atoms with Crippen LogP contribution in [0, 0.1) is 6.92 Å². The van der Waals surface area contributed by atoms with Gasteiger partial charge in [0.05, 0.1) is 12.2 Å². The first kappa shape index (κ1) is 14.1. The van der Waals surface area contributed by atoms with Gasteiger partial charge in [-0.15, -0.1) is 0 Å². The molecule has 20 heavy (non-hydrogen) atoms. The van der Waals surface area contributed by atoms with Gasteiger partial charge in [0, 0.05) is 24.4 Å². The van der Waals surface area contributed by atoms with E-state index in [2.05, 4.69) is 10.4 Å². The second-order valence-corrected chi connectivity index (χ2v) is 4.88. The maximum Gasteiger partial charge on any atom is 0.251 e. The molecule has 1 atom stereocenters. The normalized spacial score (nSPS) is 12.2. The van der Waals surface area contributed by atoms with Crippen molar-refractivity contribution in [2.75, 3.05) is 0 Å². The molecule has 0 aliphatic carbocycles. The molecular formula is C15H19N3O2. The predicted octanol–water partition coefficient (Wildman–Crippen LogP) is 2.32. The summed E-state index contributed by atoms with van der Waals surface area (Å²) >= 11 is 0. The van der Waals surface area contributed by atoms with Gasteiger partial charge in [-0.2, -0.15) is 5.10 Å². The van der Waals surface area contributed by atoms with Crippen molar-refractivity contribution in [3.63, 3.8) is 0 Å². The number of phenols is 1. The molecule has 2 N–H and O–H groups in total. The molecule has 106 valence electrons. The average Bonchev–Trinajstić information content (AvgIpc) is 2.85. The van der Waals surface area contributed by atoms with Crippen LogP contribution >= 0.6 is 0 Å². The van der Waals surface area contributed by atoms with E-state index in [-0.39, 0.29) is 17.7 Å². The Morgan fingerprint density at radius 2 is 2.25 bits per heavy atom. The number of aromatic hydroxyl groups is 1. The van der Waals surface area contributed by atoms with E-state index >= 15 is 0 Å². The molecule has 0 spiro atoms. The minimum absolute atomic E-state index is 0.0837. The van der Waals surface area contributed by atoms with Gasteiger partial charge in [0.15, 0.2) is 0 Å². The second kappa shape index (κ2) is 5.77. The first-order valence-electron chi connectivity index (χ1n) is 6.60. The molecule has 0 fully saturated rings. The van der Waals surface area contributed by atoms with Crippen LogP contribution in [0.15, 0.2) is 30.6 Å². The van der Waals surface area contributed by atoms with Gasteiger partial charge in [-0.1, -0.05) is 13.0 Å². The van der Waals surface area contributed by atoms with Crippen LogP contribution in [0.1, 0.15) is 40.9 Å². The van der Waals surface area contributed by atoms with Crippen LogP contribution in [-0.2, 0) is 7.05 Å². The van der Waals surface area contributed by atoms with E-state index in [9.17, 15) is 9.90 Å². The zero-order valence-electron chi connectivity index (χ0n) is 11.9. The molecule has 1 aromatic carbocycles. The number of nitrogens with one attached hydrogen (secondary N) is 1. The summed E-state index contributed by atoms with van der Waals surface area (Å²) in [7, 11) is 1.84. The average molecular weight is 273 g/mol. The first-order valence-corrected chi connectivity index (χ1v) is 6.60. The Morgan fingerprint density at radius 1 is 1.50 bits per heavy atom. The number of benzene rings is 1. The van der Waals surface area contributed by atoms with Crippen molar-refractivity contribution in [2.24, 2.45) is 7.05 Å². The van der Waals surface area contributed by atoms with Crippen LogP contribution < -0.4 is 5.32 Å². The summed E-state index contributed by atoms with van der Waals surface area (Å²) in [4.78, 5) is 12.2. The topological polar surface area (TPSA) is 67.2 Å². The third-order valence-corrected chi connectivity index (χ3v) is 3.31. The third kappa shape index (κ3) is 2.99. The van der Waals surface area contributed by atoms with Crippen LogP contribution in [0.2, 0.25) is 0 Å². The summed E-state index contributed by atoms with van der Waals surface area (Å²) < 4.78 is 1.71. The van der Waals surface area contributed by atoms with Crippen molar-refractivity contribution in [2.45, 2.75) is 26.3 Å². The Morgan fingerprint density at radius 3 is 2.80 bits per heavy atom. The first-order chi connectivity index (χ1) is 9.51. The summed E-state index contributed by atoms with van der Waals surface area (Å²) in [6.45, 7) is 3.80. The van der Waals surface area contributed by atoms with E-state index in [1.807, 2.05) is 20.2 Å². The van der Waals surface area contributed by atoms with E-state index in [0.717, 1.165) is 17.5 Å². The Bertz CT molecular complexity index is 619. The number of hydrogen-bond acceptors (Lipinski definition) is 3. The predicted molar refractivity (Wildman–Crippen MR) is 76.6 cm³/mol. The summed E-state index contributed by atoms with van der Waals surface area (Å²) in [5, 5.41) is 16.7. The number of carbonyl (C=O) groups excluding carboxylic acids is 1. The van der Waals surface area contributed by atoms with Gasteiger partial charge >= 0.3 is 0 Å². The van der Waals surface area contributed by atoms with Crippen molar-refractivity contribution in [1.82, 2.24) is 15.1 Å². The number of phenolic OH excluding ortho intramolecular Hbond substituents is 1. The lowest BCUT2D eigenvalue weighted by Gasteiger charge is -2.15. The fraction of sp³-hybridized carbons (Fsp3) is 0.333. The van der Waals surface area contributed by atoms with E-state index in [0.29, 0.717) is 5.56 Å². The van der Waals surface area contributed by atoms with Crippen molar-refractivity contribution >= 4 is 5.91 Å². The summed E-state index contributed by atoms with van der Waals surface area (Å²) in [6, 6.07) is 4.84. The molecule has 0 aliphatic rings. The molecule has 1 aromatic heterocycles. The minimum Gasteiger partial charge on any atom is -0.508 e. The lowest BCUT2D eigenvalue weighted by Crippen LogP contribution is -2.27. The largest absolute Gasteiger partial charge is 0.508 e. The van der Waals surface area contributed by atoms with Gasteiger partial charge in [-0.25, -0.2) is 0 Å². The molecule has 0 unspecified atom stereocenters. The second-order valence-electron chi connectivity index (χ2n) is 4.88. The number of carbonyl (C=O) groups is 1. The Hall–Kier alpha value is -2.30. The van der Waals surface area contributed by atoms with Crippen LogP contribution in [0.5, 0.6) is 5.75 Å². The number of nitrogens with zero attached hydrogens (tertiary/aromatic N) is 2. The zero-order valence-corrected chi connectivity index (χ0v) is 11.9. The lowest BCUT2D eigenvalue weighted by atomic mass is 10.1. The number of hydrogen-bond donors (Lipinski definition) is 2. The fourth-order valence-corrected chi connectivity index (χ4v) is 2.03. The Kier molecular flexibility index (Phi) is 4.08. The SMILES string of the molecule is CC[C@@H](NC(=O)c1ccc(C)c(O)c1)c1cnn(C)c1. The molecule has 0 aliphatic heterocycles. The van der Waals surface area contributed by atoms with Gasteiger partial charge in [0.25, 0.3) is 5.91 Å². The Labute approximate surface area is 118 Å². The van der Waals surface area contributed by atoms with Crippen LogP contribution in [0.25, 0.3) is 0 Å². The molecule has 1 heterocycles. The minimum atomic E-state index is -0.198. The molecule has 1 amide bonds. The molecule has 0 saturated heterocycles. The highest BCUT2D eigenvalue weighted by Gasteiger charge is 2.16. The molecule has 0 radical (unpaired) electrons. The number of aryl methyl sites for hydroxylation is 2. The molecular weight excluding hydrogens is 254 g/mol. The van der Waals surface area contributed by atoms with Gasteiger partial charge in [-0.05, 0) is 31.0 Å². The summed E-state index contributed by atoms with van der Waals surface area (Å²) in [6.07, 6.45) is 4.41. The fourth-order valence-electron chi connectivity index (χ4n) is 2.03. The van der Waals surface area contributed by atoms with Crippen molar-refractivity contribution in [1.29, 1.82) is 0 Å².